The van der Waals surface area contributed by atoms with Crippen LogP contribution >= 0.6 is 0 Å². The van der Waals surface area contributed by atoms with Crippen molar-refractivity contribution in [3.05, 3.63) is 48.0 Å². The van der Waals surface area contributed by atoms with E-state index in [4.69, 9.17) is 0 Å². The summed E-state index contributed by atoms with van der Waals surface area (Å²) >= 11 is 0. The molecule has 0 aromatic heterocycles. The number of hydrogen-bond acceptors (Lipinski definition) is 3. The molecular weight excluding hydrogens is 358 g/mol. The molecule has 1 fully saturated rings. The van der Waals surface area contributed by atoms with Crippen LogP contribution < -0.4 is 5.32 Å². The topological polar surface area (TPSA) is 35.6 Å². The van der Waals surface area contributed by atoms with Crippen molar-refractivity contribution in [1.29, 1.82) is 0 Å². The monoisotopic (exact) mass is 395 g/mol. The third kappa shape index (κ3) is 6.55. The van der Waals surface area contributed by atoms with Gasteiger partial charge in [-0.25, -0.2) is 0 Å². The van der Waals surface area contributed by atoms with Crippen molar-refractivity contribution in [3.8, 4) is 0 Å². The second kappa shape index (κ2) is 11.3. The molecular formula is C25H37N3O. The molecule has 0 bridgehead atoms. The Hall–Kier alpha value is -1.91. The smallest absolute Gasteiger partial charge is 0.223 e. The first-order chi connectivity index (χ1) is 14.2. The standard InChI is InChI=1S/C25H37N3O/c1-3-15-27(16-6-7-17-28-18-14-26-13-12-25(28)29)21(2)19-22-10-11-23-8-4-5-9-24(23)20-22/h4-5,8-11,20-21,26H,3,6-7,12-19H2,1-2H3. The average molecular weight is 396 g/mol. The zero-order chi connectivity index (χ0) is 20.5. The van der Waals surface area contributed by atoms with E-state index in [-0.39, 0.29) is 0 Å². The summed E-state index contributed by atoms with van der Waals surface area (Å²) in [4.78, 5) is 16.8. The summed E-state index contributed by atoms with van der Waals surface area (Å²) in [6.45, 7) is 10.4. The van der Waals surface area contributed by atoms with Crippen molar-refractivity contribution in [2.45, 2.75) is 52.0 Å². The largest absolute Gasteiger partial charge is 0.341 e. The van der Waals surface area contributed by atoms with Gasteiger partial charge in [-0.05, 0) is 62.0 Å². The molecule has 1 aliphatic heterocycles. The van der Waals surface area contributed by atoms with Crippen molar-refractivity contribution in [1.82, 2.24) is 15.1 Å². The fourth-order valence-electron chi connectivity index (χ4n) is 4.35. The van der Waals surface area contributed by atoms with E-state index < -0.39 is 0 Å². The van der Waals surface area contributed by atoms with Gasteiger partial charge in [-0.3, -0.25) is 4.79 Å². The van der Waals surface area contributed by atoms with Crippen LogP contribution in [-0.2, 0) is 11.2 Å². The molecule has 4 heteroatoms. The van der Waals surface area contributed by atoms with Crippen molar-refractivity contribution < 1.29 is 4.79 Å². The van der Waals surface area contributed by atoms with E-state index in [2.05, 4.69) is 66.5 Å². The van der Waals surface area contributed by atoms with E-state index >= 15 is 0 Å². The molecule has 1 atom stereocenters. The molecule has 1 aliphatic rings. The van der Waals surface area contributed by atoms with Gasteiger partial charge in [-0.15, -0.1) is 0 Å². The van der Waals surface area contributed by atoms with Crippen LogP contribution in [0.5, 0.6) is 0 Å². The first-order valence-corrected chi connectivity index (χ1v) is 11.4. The third-order valence-electron chi connectivity index (χ3n) is 6.03. The van der Waals surface area contributed by atoms with E-state index in [1.54, 1.807) is 0 Å². The molecule has 29 heavy (non-hydrogen) atoms. The summed E-state index contributed by atoms with van der Waals surface area (Å²) in [5, 5.41) is 5.95. The van der Waals surface area contributed by atoms with E-state index in [1.165, 1.54) is 22.8 Å². The number of benzene rings is 2. The van der Waals surface area contributed by atoms with E-state index in [1.807, 2.05) is 4.90 Å². The minimum atomic E-state index is 0.310. The average Bonchev–Trinajstić information content (AvgIpc) is 2.94. The molecule has 2 aromatic carbocycles. The lowest BCUT2D eigenvalue weighted by molar-refractivity contribution is -0.130. The van der Waals surface area contributed by atoms with Gasteiger partial charge in [-0.1, -0.05) is 49.4 Å². The summed E-state index contributed by atoms with van der Waals surface area (Å²) in [5.41, 5.74) is 1.42. The Morgan fingerprint density at radius 1 is 1.07 bits per heavy atom. The molecule has 0 saturated carbocycles. The summed E-state index contributed by atoms with van der Waals surface area (Å²) in [6, 6.07) is 16.0. The second-order valence-corrected chi connectivity index (χ2v) is 8.36. The fourth-order valence-corrected chi connectivity index (χ4v) is 4.35. The number of fused-ring (bicyclic) bond motifs is 1. The zero-order valence-corrected chi connectivity index (χ0v) is 18.2. The van der Waals surface area contributed by atoms with Crippen molar-refractivity contribution in [2.75, 3.05) is 39.3 Å². The highest BCUT2D eigenvalue weighted by molar-refractivity contribution is 5.83. The van der Waals surface area contributed by atoms with Gasteiger partial charge in [-0.2, -0.15) is 0 Å². The SMILES string of the molecule is CCCN(CCCCN1CCNCCC1=O)C(C)Cc1ccc2ccccc2c1. The molecule has 4 nitrogen and oxygen atoms in total. The normalized spacial score (nSPS) is 16.4. The highest BCUT2D eigenvalue weighted by atomic mass is 16.2. The Labute approximate surface area is 176 Å². The highest BCUT2D eigenvalue weighted by Crippen LogP contribution is 2.18. The van der Waals surface area contributed by atoms with Gasteiger partial charge in [0.2, 0.25) is 5.91 Å². The van der Waals surface area contributed by atoms with Gasteiger partial charge in [0.25, 0.3) is 0 Å². The molecule has 0 spiro atoms. The lowest BCUT2D eigenvalue weighted by Crippen LogP contribution is -2.37. The predicted octanol–water partition coefficient (Wildman–Crippen LogP) is 4.08. The summed E-state index contributed by atoms with van der Waals surface area (Å²) < 4.78 is 0. The number of nitrogens with zero attached hydrogens (tertiary/aromatic N) is 2. The van der Waals surface area contributed by atoms with Crippen molar-refractivity contribution >= 4 is 16.7 Å². The predicted molar refractivity (Wildman–Crippen MR) is 122 cm³/mol. The first kappa shape index (κ1) is 21.8. The lowest BCUT2D eigenvalue weighted by atomic mass is 10.0. The molecule has 3 rings (SSSR count). The summed E-state index contributed by atoms with van der Waals surface area (Å²) in [6.07, 6.45) is 5.15. The van der Waals surface area contributed by atoms with Gasteiger partial charge in [0.1, 0.15) is 0 Å². The number of unbranched alkanes of at least 4 members (excludes halogenated alkanes) is 1. The molecule has 1 unspecified atom stereocenters. The van der Waals surface area contributed by atoms with Crippen LogP contribution in [0.1, 0.15) is 45.1 Å². The molecule has 1 amide bonds. The first-order valence-electron chi connectivity index (χ1n) is 11.4. The van der Waals surface area contributed by atoms with E-state index in [0.717, 1.165) is 58.5 Å². The maximum Gasteiger partial charge on any atom is 0.223 e. The van der Waals surface area contributed by atoms with Gasteiger partial charge in [0.15, 0.2) is 0 Å². The number of amides is 1. The Balaban J connectivity index is 1.49. The molecule has 1 N–H and O–H groups in total. The number of carbonyl (C=O) groups is 1. The Kier molecular flexibility index (Phi) is 8.51. The summed E-state index contributed by atoms with van der Waals surface area (Å²) in [5.74, 6) is 0.310. The molecule has 2 aromatic rings. The zero-order valence-electron chi connectivity index (χ0n) is 18.2. The van der Waals surface area contributed by atoms with Gasteiger partial charge >= 0.3 is 0 Å². The maximum atomic E-state index is 12.1. The van der Waals surface area contributed by atoms with Crippen molar-refractivity contribution in [3.63, 3.8) is 0 Å². The lowest BCUT2D eigenvalue weighted by Gasteiger charge is -2.29. The highest BCUT2D eigenvalue weighted by Gasteiger charge is 2.17. The van der Waals surface area contributed by atoms with Crippen LogP contribution in [0.25, 0.3) is 10.8 Å². The Morgan fingerprint density at radius 2 is 1.90 bits per heavy atom. The molecule has 0 radical (unpaired) electrons. The quantitative estimate of drug-likeness (QED) is 0.616. The minimum Gasteiger partial charge on any atom is -0.341 e. The molecule has 0 aliphatic carbocycles. The van der Waals surface area contributed by atoms with E-state index in [9.17, 15) is 4.79 Å². The van der Waals surface area contributed by atoms with Crippen LogP contribution in [0.2, 0.25) is 0 Å². The van der Waals surface area contributed by atoms with Crippen molar-refractivity contribution in [2.24, 2.45) is 0 Å². The van der Waals surface area contributed by atoms with Gasteiger partial charge < -0.3 is 15.1 Å². The van der Waals surface area contributed by atoms with E-state index in [0.29, 0.717) is 18.4 Å². The maximum absolute atomic E-state index is 12.1. The Morgan fingerprint density at radius 3 is 2.72 bits per heavy atom. The fraction of sp³-hybridized carbons (Fsp3) is 0.560. The van der Waals surface area contributed by atoms with Gasteiger partial charge in [0.05, 0.1) is 0 Å². The number of carbonyl (C=O) groups excluding carboxylic acids is 1. The molecule has 158 valence electrons. The van der Waals surface area contributed by atoms with Crippen LogP contribution in [0.3, 0.4) is 0 Å². The number of rotatable bonds is 10. The molecule has 1 saturated heterocycles. The van der Waals surface area contributed by atoms with Crippen LogP contribution in [0.4, 0.5) is 0 Å². The minimum absolute atomic E-state index is 0.310. The number of nitrogens with one attached hydrogen (secondary N) is 1. The van der Waals surface area contributed by atoms with Crippen LogP contribution in [0.15, 0.2) is 42.5 Å². The van der Waals surface area contributed by atoms with Crippen LogP contribution in [-0.4, -0.2) is 61.0 Å². The summed E-state index contributed by atoms with van der Waals surface area (Å²) in [7, 11) is 0. The second-order valence-electron chi connectivity index (χ2n) is 8.36. The Bertz CT molecular complexity index is 776. The number of hydrogen-bond donors (Lipinski definition) is 1. The van der Waals surface area contributed by atoms with Gasteiger partial charge in [0, 0.05) is 38.6 Å². The molecule has 1 heterocycles. The third-order valence-corrected chi connectivity index (χ3v) is 6.03. The van der Waals surface area contributed by atoms with Crippen LogP contribution in [0, 0.1) is 0 Å².